The molecule has 152 valence electrons. The predicted octanol–water partition coefficient (Wildman–Crippen LogP) is 2.34. The van der Waals surface area contributed by atoms with Gasteiger partial charge < -0.3 is 9.47 Å². The van der Waals surface area contributed by atoms with Gasteiger partial charge in [-0.05, 0) is 30.7 Å². The maximum Gasteiger partial charge on any atom is 0.332 e. The van der Waals surface area contributed by atoms with E-state index in [1.165, 1.54) is 24.3 Å². The smallest absolute Gasteiger partial charge is 0.332 e. The van der Waals surface area contributed by atoms with Crippen molar-refractivity contribution in [1.82, 2.24) is 0 Å². The molecular weight excluding hydrogens is 394 g/mol. The lowest BCUT2D eigenvalue weighted by Crippen LogP contribution is -2.54. The van der Waals surface area contributed by atoms with Gasteiger partial charge in [-0.2, -0.15) is 0 Å². The van der Waals surface area contributed by atoms with Gasteiger partial charge >= 0.3 is 11.9 Å². The Morgan fingerprint density at radius 3 is 2.10 bits per heavy atom. The summed E-state index contributed by atoms with van der Waals surface area (Å²) in [6, 6.07) is 12.7. The van der Waals surface area contributed by atoms with E-state index in [4.69, 9.17) is 9.47 Å². The first-order chi connectivity index (χ1) is 13.7. The number of hydrogen-bond donors (Lipinski definition) is 0. The van der Waals surface area contributed by atoms with Gasteiger partial charge in [0.05, 0.1) is 31.3 Å². The van der Waals surface area contributed by atoms with E-state index >= 15 is 0 Å². The van der Waals surface area contributed by atoms with Gasteiger partial charge in [0.25, 0.3) is 10.0 Å². The summed E-state index contributed by atoms with van der Waals surface area (Å²) in [4.78, 5) is 25.6. The first-order valence-corrected chi connectivity index (χ1v) is 10.2. The van der Waals surface area contributed by atoms with Gasteiger partial charge in [0.1, 0.15) is 0 Å². The summed E-state index contributed by atoms with van der Waals surface area (Å²) in [5, 5.41) is 0. The zero-order valence-corrected chi connectivity index (χ0v) is 17.2. The maximum atomic E-state index is 13.3. The minimum Gasteiger partial charge on any atom is -0.468 e. The number of anilines is 1. The highest BCUT2D eigenvalue weighted by Crippen LogP contribution is 2.46. The molecular formula is C21H21NO6S. The summed E-state index contributed by atoms with van der Waals surface area (Å²) >= 11 is 0. The van der Waals surface area contributed by atoms with Gasteiger partial charge in [-0.3, -0.25) is 13.9 Å². The number of aryl methyl sites for hydroxylation is 1. The van der Waals surface area contributed by atoms with Crippen LogP contribution in [0, 0.1) is 6.92 Å². The van der Waals surface area contributed by atoms with Crippen molar-refractivity contribution in [3.8, 4) is 0 Å². The largest absolute Gasteiger partial charge is 0.468 e. The first kappa shape index (κ1) is 20.6. The van der Waals surface area contributed by atoms with Gasteiger partial charge in [0.15, 0.2) is 0 Å². The molecule has 0 aromatic heterocycles. The third-order valence-electron chi connectivity index (χ3n) is 5.03. The fourth-order valence-corrected chi connectivity index (χ4v) is 5.00. The first-order valence-electron chi connectivity index (χ1n) is 8.75. The highest BCUT2D eigenvalue weighted by atomic mass is 32.2. The van der Waals surface area contributed by atoms with E-state index in [9.17, 15) is 18.0 Å². The number of fused-ring (bicyclic) bond motifs is 1. The minimum atomic E-state index is -3.97. The summed E-state index contributed by atoms with van der Waals surface area (Å²) in [6.45, 7) is 5.44. The summed E-state index contributed by atoms with van der Waals surface area (Å²) in [7, 11) is -1.67. The van der Waals surface area contributed by atoms with Crippen LogP contribution in [0.5, 0.6) is 0 Å². The lowest BCUT2D eigenvalue weighted by Gasteiger charge is -2.41. The molecule has 0 atom stereocenters. The van der Waals surface area contributed by atoms with Crippen LogP contribution >= 0.6 is 0 Å². The molecule has 1 aliphatic rings. The summed E-state index contributed by atoms with van der Waals surface area (Å²) in [5.41, 5.74) is -0.644. The Balaban J connectivity index is 2.27. The number of hydrogen-bond acceptors (Lipinski definition) is 6. The average molecular weight is 415 g/mol. The quantitative estimate of drug-likeness (QED) is 0.433. The highest BCUT2D eigenvalue weighted by molar-refractivity contribution is 7.92. The number of carbonyl (C=O) groups excluding carboxylic acids is 2. The van der Waals surface area contributed by atoms with Crippen molar-refractivity contribution in [2.45, 2.75) is 17.2 Å². The standard InChI is InChI=1S/C21H21NO6S/c1-14-9-11-16(12-10-14)29(25,26)22-13-15(2)21(19(23)27-3,20(24)28-4)17-7-5-6-8-18(17)22/h5-12H,2,13H2,1,3-4H3. The van der Waals surface area contributed by atoms with Crippen molar-refractivity contribution in [1.29, 1.82) is 0 Å². The van der Waals surface area contributed by atoms with E-state index in [1.807, 2.05) is 6.92 Å². The number of para-hydroxylation sites is 1. The number of rotatable bonds is 4. The average Bonchev–Trinajstić information content (AvgIpc) is 2.72. The number of esters is 2. The van der Waals surface area contributed by atoms with Crippen LogP contribution in [0.25, 0.3) is 0 Å². The SMILES string of the molecule is C=C1CN(S(=O)(=O)c2ccc(C)cc2)c2ccccc2C1(C(=O)OC)C(=O)OC. The molecule has 0 aliphatic carbocycles. The molecule has 1 aliphatic heterocycles. The van der Waals surface area contributed by atoms with Crippen LogP contribution in [-0.4, -0.2) is 41.1 Å². The molecule has 2 aromatic carbocycles. The molecule has 3 rings (SSSR count). The molecule has 0 N–H and O–H groups in total. The van der Waals surface area contributed by atoms with Gasteiger partial charge in [0.2, 0.25) is 5.41 Å². The van der Waals surface area contributed by atoms with E-state index in [0.29, 0.717) is 0 Å². The van der Waals surface area contributed by atoms with Crippen molar-refractivity contribution in [2.24, 2.45) is 0 Å². The van der Waals surface area contributed by atoms with E-state index in [1.54, 1.807) is 24.3 Å². The molecule has 29 heavy (non-hydrogen) atoms. The lowest BCUT2D eigenvalue weighted by atomic mass is 9.71. The third kappa shape index (κ3) is 3.00. The van der Waals surface area contributed by atoms with E-state index in [-0.39, 0.29) is 28.3 Å². The lowest BCUT2D eigenvalue weighted by molar-refractivity contribution is -0.159. The number of carbonyl (C=O) groups is 2. The van der Waals surface area contributed by atoms with E-state index < -0.39 is 27.4 Å². The van der Waals surface area contributed by atoms with Crippen LogP contribution < -0.4 is 4.31 Å². The van der Waals surface area contributed by atoms with Crippen LogP contribution in [-0.2, 0) is 34.5 Å². The Bertz CT molecular complexity index is 1070. The fraction of sp³-hybridized carbons (Fsp3) is 0.238. The van der Waals surface area contributed by atoms with Crippen molar-refractivity contribution in [3.63, 3.8) is 0 Å². The van der Waals surface area contributed by atoms with Gasteiger partial charge in [-0.25, -0.2) is 8.42 Å². The topological polar surface area (TPSA) is 90.0 Å². The maximum absolute atomic E-state index is 13.3. The molecule has 7 nitrogen and oxygen atoms in total. The molecule has 2 aromatic rings. The summed E-state index contributed by atoms with van der Waals surface area (Å²) in [5.74, 6) is -1.76. The van der Waals surface area contributed by atoms with Gasteiger partial charge in [0, 0.05) is 5.56 Å². The molecule has 8 heteroatoms. The third-order valence-corrected chi connectivity index (χ3v) is 6.81. The Labute approximate surface area is 169 Å². The summed E-state index contributed by atoms with van der Waals surface area (Å²) < 4.78 is 37.6. The number of nitrogens with zero attached hydrogens (tertiary/aromatic N) is 1. The number of ether oxygens (including phenoxy) is 2. The Morgan fingerprint density at radius 1 is 1.00 bits per heavy atom. The van der Waals surface area contributed by atoms with Crippen LogP contribution in [0.1, 0.15) is 11.1 Å². The molecule has 0 fully saturated rings. The Kier molecular flexibility index (Phi) is 5.23. The van der Waals surface area contributed by atoms with Crippen molar-refractivity contribution in [2.75, 3.05) is 25.1 Å². The second-order valence-electron chi connectivity index (χ2n) is 6.68. The van der Waals surface area contributed by atoms with E-state index in [2.05, 4.69) is 6.58 Å². The zero-order chi connectivity index (χ0) is 21.4. The van der Waals surface area contributed by atoms with Crippen LogP contribution in [0.3, 0.4) is 0 Å². The van der Waals surface area contributed by atoms with Crippen LogP contribution in [0.2, 0.25) is 0 Å². The molecule has 0 amide bonds. The van der Waals surface area contributed by atoms with Crippen molar-refractivity contribution < 1.29 is 27.5 Å². The van der Waals surface area contributed by atoms with Crippen LogP contribution in [0.15, 0.2) is 65.6 Å². The van der Waals surface area contributed by atoms with E-state index in [0.717, 1.165) is 24.1 Å². The Hall–Kier alpha value is -3.13. The fourth-order valence-electron chi connectivity index (χ4n) is 3.53. The molecule has 0 bridgehead atoms. The normalized spacial score (nSPS) is 15.4. The molecule has 0 radical (unpaired) electrons. The highest BCUT2D eigenvalue weighted by Gasteiger charge is 2.57. The molecule has 1 heterocycles. The minimum absolute atomic E-state index is 0.0468. The van der Waals surface area contributed by atoms with Gasteiger partial charge in [-0.1, -0.05) is 42.5 Å². The molecule has 0 saturated heterocycles. The van der Waals surface area contributed by atoms with Crippen molar-refractivity contribution >= 4 is 27.6 Å². The predicted molar refractivity (Wildman–Crippen MR) is 107 cm³/mol. The number of benzene rings is 2. The molecule has 0 spiro atoms. The van der Waals surface area contributed by atoms with Gasteiger partial charge in [-0.15, -0.1) is 0 Å². The van der Waals surface area contributed by atoms with Crippen molar-refractivity contribution in [3.05, 3.63) is 71.8 Å². The number of sulfonamides is 1. The second kappa shape index (κ2) is 7.36. The Morgan fingerprint density at radius 2 is 1.55 bits per heavy atom. The zero-order valence-electron chi connectivity index (χ0n) is 16.3. The monoisotopic (exact) mass is 415 g/mol. The second-order valence-corrected chi connectivity index (χ2v) is 8.54. The van der Waals surface area contributed by atoms with Crippen LogP contribution in [0.4, 0.5) is 5.69 Å². The molecule has 0 unspecified atom stereocenters. The summed E-state index contributed by atoms with van der Waals surface area (Å²) in [6.07, 6.45) is 0. The molecule has 0 saturated carbocycles. The number of methoxy groups -OCH3 is 2.